The Morgan fingerprint density at radius 2 is 1.48 bits per heavy atom. The minimum atomic E-state index is -3.95. The summed E-state index contributed by atoms with van der Waals surface area (Å²) in [5.74, 6) is -3.05. The van der Waals surface area contributed by atoms with Gasteiger partial charge in [0.1, 0.15) is 5.82 Å². The van der Waals surface area contributed by atoms with Crippen molar-refractivity contribution in [3.05, 3.63) is 78.6 Å². The van der Waals surface area contributed by atoms with Gasteiger partial charge in [0.05, 0.1) is 16.3 Å². The smallest absolute Gasteiger partial charge is 0.288 e. The highest BCUT2D eigenvalue weighted by atomic mass is 32.2. The lowest BCUT2D eigenvalue weighted by Gasteiger charge is -2.16. The van der Waals surface area contributed by atoms with Gasteiger partial charge in [-0.25, -0.2) is 12.8 Å². The third kappa shape index (κ3) is 6.61. The van der Waals surface area contributed by atoms with Crippen LogP contribution in [0.2, 0.25) is 0 Å². The topological polar surface area (TPSA) is 70.2 Å². The van der Waals surface area contributed by atoms with E-state index in [1.807, 2.05) is 0 Å². The quantitative estimate of drug-likeness (QED) is 0.294. The van der Waals surface area contributed by atoms with Crippen LogP contribution in [0.4, 0.5) is 30.2 Å². The SMILES string of the molecule is O=S(=O)(Nc1ccccc1NC(=S)Nc1ccc(SC(F)F)cc1)c1ccc(F)cc1. The number of thiocarbonyl (C=S) groups is 1. The van der Waals surface area contributed by atoms with Crippen LogP contribution in [0, 0.1) is 5.82 Å². The van der Waals surface area contributed by atoms with Gasteiger partial charge in [0.25, 0.3) is 15.8 Å². The van der Waals surface area contributed by atoms with E-state index >= 15 is 0 Å². The third-order valence-electron chi connectivity index (χ3n) is 3.88. The van der Waals surface area contributed by atoms with Crippen molar-refractivity contribution in [2.24, 2.45) is 0 Å². The molecule has 0 aliphatic heterocycles. The molecule has 0 saturated carbocycles. The molecule has 0 fully saturated rings. The number of sulfonamides is 1. The Kier molecular flexibility index (Phi) is 7.42. The van der Waals surface area contributed by atoms with Crippen LogP contribution >= 0.6 is 24.0 Å². The molecular formula is C20H16F3N3O2S3. The van der Waals surface area contributed by atoms with Crippen LogP contribution in [0.25, 0.3) is 0 Å². The van der Waals surface area contributed by atoms with Crippen LogP contribution in [0.1, 0.15) is 0 Å². The fourth-order valence-electron chi connectivity index (χ4n) is 2.50. The zero-order chi connectivity index (χ0) is 22.4. The van der Waals surface area contributed by atoms with E-state index in [0.717, 1.165) is 24.3 Å². The standard InChI is InChI=1S/C20H16F3N3O2S3/c21-13-5-11-16(12-6-13)31(27,28)26-18-4-2-1-3-17(18)25-20(29)24-14-7-9-15(10-8-14)30-19(22)23/h1-12,19,26H,(H2,24,25,29). The number of thioether (sulfide) groups is 1. The molecule has 0 bridgehead atoms. The molecule has 0 aliphatic carbocycles. The minimum absolute atomic E-state index is 0.0915. The normalized spacial score (nSPS) is 11.2. The zero-order valence-electron chi connectivity index (χ0n) is 15.7. The Morgan fingerprint density at radius 1 is 0.871 bits per heavy atom. The average Bonchev–Trinajstić information content (AvgIpc) is 2.71. The first-order valence-corrected chi connectivity index (χ1v) is 11.5. The Balaban J connectivity index is 1.70. The van der Waals surface area contributed by atoms with Gasteiger partial charge in [-0.1, -0.05) is 23.9 Å². The van der Waals surface area contributed by atoms with E-state index < -0.39 is 21.6 Å². The lowest BCUT2D eigenvalue weighted by Crippen LogP contribution is -2.21. The summed E-state index contributed by atoms with van der Waals surface area (Å²) in [6, 6.07) is 17.2. The molecule has 0 unspecified atom stereocenters. The molecule has 3 rings (SSSR count). The Morgan fingerprint density at radius 3 is 2.10 bits per heavy atom. The molecule has 5 nitrogen and oxygen atoms in total. The van der Waals surface area contributed by atoms with E-state index in [4.69, 9.17) is 12.2 Å². The molecule has 0 saturated heterocycles. The maximum atomic E-state index is 13.1. The number of halogens is 3. The molecule has 11 heteroatoms. The van der Waals surface area contributed by atoms with Gasteiger partial charge in [0.15, 0.2) is 5.11 Å². The Bertz CT molecular complexity index is 1160. The fraction of sp³-hybridized carbons (Fsp3) is 0.0500. The van der Waals surface area contributed by atoms with Crippen molar-refractivity contribution in [2.75, 3.05) is 15.4 Å². The number of hydrogen-bond acceptors (Lipinski definition) is 4. The number of benzene rings is 3. The number of alkyl halides is 2. The number of hydrogen-bond donors (Lipinski definition) is 3. The Labute approximate surface area is 187 Å². The molecule has 0 amide bonds. The fourth-order valence-corrected chi connectivity index (χ4v) is 4.31. The van der Waals surface area contributed by atoms with E-state index in [-0.39, 0.29) is 15.7 Å². The summed E-state index contributed by atoms with van der Waals surface area (Å²) in [7, 11) is -3.95. The molecule has 0 heterocycles. The lowest BCUT2D eigenvalue weighted by molar-refractivity contribution is 0.252. The number of para-hydroxylation sites is 2. The van der Waals surface area contributed by atoms with Crippen LogP contribution in [0.5, 0.6) is 0 Å². The summed E-state index contributed by atoms with van der Waals surface area (Å²) in [5, 5.41) is 5.97. The summed E-state index contributed by atoms with van der Waals surface area (Å²) in [4.78, 5) is 0.325. The highest BCUT2D eigenvalue weighted by molar-refractivity contribution is 7.99. The van der Waals surface area contributed by atoms with Gasteiger partial charge in [0.2, 0.25) is 0 Å². The molecule has 3 aromatic carbocycles. The van der Waals surface area contributed by atoms with E-state index in [1.54, 1.807) is 36.4 Å². The molecule has 0 aromatic heterocycles. The van der Waals surface area contributed by atoms with E-state index in [1.165, 1.54) is 12.1 Å². The molecule has 31 heavy (non-hydrogen) atoms. The van der Waals surface area contributed by atoms with Gasteiger partial charge >= 0.3 is 0 Å². The Hall–Kier alpha value is -2.76. The molecule has 3 N–H and O–H groups in total. The van der Waals surface area contributed by atoms with Crippen LogP contribution < -0.4 is 15.4 Å². The van der Waals surface area contributed by atoms with Crippen molar-refractivity contribution in [1.82, 2.24) is 0 Å². The second-order valence-electron chi connectivity index (χ2n) is 6.09. The van der Waals surface area contributed by atoms with Crippen molar-refractivity contribution in [3.8, 4) is 0 Å². The zero-order valence-corrected chi connectivity index (χ0v) is 18.1. The minimum Gasteiger partial charge on any atom is -0.332 e. The molecule has 0 atom stereocenters. The highest BCUT2D eigenvalue weighted by Crippen LogP contribution is 2.27. The van der Waals surface area contributed by atoms with Crippen molar-refractivity contribution in [3.63, 3.8) is 0 Å². The van der Waals surface area contributed by atoms with Gasteiger partial charge in [-0.15, -0.1) is 0 Å². The number of rotatable bonds is 7. The maximum absolute atomic E-state index is 13.1. The number of nitrogens with one attached hydrogen (secondary N) is 3. The monoisotopic (exact) mass is 483 g/mol. The van der Waals surface area contributed by atoms with Crippen LogP contribution in [0.3, 0.4) is 0 Å². The van der Waals surface area contributed by atoms with Crippen molar-refractivity contribution < 1.29 is 21.6 Å². The van der Waals surface area contributed by atoms with Gasteiger partial charge in [-0.3, -0.25) is 4.72 Å². The average molecular weight is 484 g/mol. The molecule has 3 aromatic rings. The second-order valence-corrected chi connectivity index (χ2v) is 9.24. The molecule has 0 spiro atoms. The van der Waals surface area contributed by atoms with Crippen molar-refractivity contribution in [2.45, 2.75) is 15.5 Å². The summed E-state index contributed by atoms with van der Waals surface area (Å²) >= 11 is 5.70. The predicted molar refractivity (Wildman–Crippen MR) is 122 cm³/mol. The first-order valence-electron chi connectivity index (χ1n) is 8.73. The lowest BCUT2D eigenvalue weighted by atomic mass is 10.3. The molecule has 0 aliphatic rings. The van der Waals surface area contributed by atoms with Crippen LogP contribution in [-0.2, 0) is 10.0 Å². The molecular weight excluding hydrogens is 467 g/mol. The maximum Gasteiger partial charge on any atom is 0.288 e. The van der Waals surface area contributed by atoms with E-state index in [9.17, 15) is 21.6 Å². The summed E-state index contributed by atoms with van der Waals surface area (Å²) in [5.41, 5.74) is 1.19. The first kappa shape index (κ1) is 22.9. The number of anilines is 3. The van der Waals surface area contributed by atoms with E-state index in [2.05, 4.69) is 15.4 Å². The molecule has 0 radical (unpaired) electrons. The van der Waals surface area contributed by atoms with Gasteiger partial charge in [0, 0.05) is 10.6 Å². The second kappa shape index (κ2) is 10.0. The van der Waals surface area contributed by atoms with Crippen molar-refractivity contribution >= 4 is 56.2 Å². The van der Waals surface area contributed by atoms with Crippen LogP contribution in [-0.4, -0.2) is 19.3 Å². The largest absolute Gasteiger partial charge is 0.332 e. The van der Waals surface area contributed by atoms with Crippen LogP contribution in [0.15, 0.2) is 82.6 Å². The van der Waals surface area contributed by atoms with E-state index in [0.29, 0.717) is 28.0 Å². The predicted octanol–water partition coefficient (Wildman–Crippen LogP) is 5.75. The highest BCUT2D eigenvalue weighted by Gasteiger charge is 2.16. The summed E-state index contributed by atoms with van der Waals surface area (Å²) in [6.45, 7) is 0. The third-order valence-corrected chi connectivity index (χ3v) is 6.19. The molecule has 162 valence electrons. The van der Waals surface area contributed by atoms with Crippen molar-refractivity contribution in [1.29, 1.82) is 0 Å². The first-order chi connectivity index (χ1) is 14.7. The van der Waals surface area contributed by atoms with Gasteiger partial charge in [-0.05, 0) is 72.9 Å². The van der Waals surface area contributed by atoms with Gasteiger partial charge < -0.3 is 10.6 Å². The van der Waals surface area contributed by atoms with Gasteiger partial charge in [-0.2, -0.15) is 8.78 Å². The summed E-state index contributed by atoms with van der Waals surface area (Å²) in [6.07, 6.45) is 0. The summed E-state index contributed by atoms with van der Waals surface area (Å²) < 4.78 is 65.5.